The van der Waals surface area contributed by atoms with Gasteiger partial charge in [-0.1, -0.05) is 6.07 Å². The summed E-state index contributed by atoms with van der Waals surface area (Å²) in [4.78, 5) is 61.0. The van der Waals surface area contributed by atoms with Crippen LogP contribution in [-0.4, -0.2) is 50.7 Å². The smallest absolute Gasteiger partial charge is 0.425 e. The van der Waals surface area contributed by atoms with Crippen molar-refractivity contribution in [2.24, 2.45) is 0 Å². The van der Waals surface area contributed by atoms with Gasteiger partial charge >= 0.3 is 18.2 Å². The number of hydrogen-bond acceptors (Lipinski definition) is 9. The molecule has 42 heavy (non-hydrogen) atoms. The van der Waals surface area contributed by atoms with E-state index in [1.54, 1.807) is 62.3 Å². The van der Waals surface area contributed by atoms with Crippen LogP contribution in [0.1, 0.15) is 110 Å². The van der Waals surface area contributed by atoms with Crippen molar-refractivity contribution in [1.82, 2.24) is 9.97 Å². The highest BCUT2D eigenvalue weighted by Crippen LogP contribution is 2.36. The van der Waals surface area contributed by atoms with Crippen molar-refractivity contribution in [2.75, 3.05) is 4.90 Å². The van der Waals surface area contributed by atoms with E-state index < -0.39 is 40.8 Å². The summed E-state index contributed by atoms with van der Waals surface area (Å²) in [6, 6.07) is 3.76. The van der Waals surface area contributed by atoms with Gasteiger partial charge in [-0.2, -0.15) is 4.90 Å². The summed E-state index contributed by atoms with van der Waals surface area (Å²) in [5.41, 5.74) is -2.41. The number of anilines is 1. The molecule has 11 heteroatoms. The van der Waals surface area contributed by atoms with Gasteiger partial charge in [0.1, 0.15) is 34.1 Å². The molecule has 3 rings (SSSR count). The summed E-state index contributed by atoms with van der Waals surface area (Å²) in [6.07, 6.45) is 1.21. The molecule has 0 radical (unpaired) electrons. The van der Waals surface area contributed by atoms with Crippen molar-refractivity contribution < 1.29 is 37.8 Å². The number of amides is 2. The molecule has 2 aromatic rings. The van der Waals surface area contributed by atoms with E-state index in [1.165, 1.54) is 18.3 Å². The number of ether oxygens (including phenoxy) is 3. The number of rotatable bonds is 4. The van der Waals surface area contributed by atoms with Crippen molar-refractivity contribution >= 4 is 29.8 Å². The van der Waals surface area contributed by atoms with Crippen LogP contribution in [0.15, 0.2) is 24.4 Å². The Balaban J connectivity index is 2.19. The van der Waals surface area contributed by atoms with Crippen molar-refractivity contribution in [1.29, 1.82) is 0 Å². The van der Waals surface area contributed by atoms with Crippen LogP contribution in [-0.2, 0) is 19.0 Å². The van der Waals surface area contributed by atoms with Gasteiger partial charge < -0.3 is 14.2 Å². The van der Waals surface area contributed by atoms with Gasteiger partial charge in [0.2, 0.25) is 0 Å². The standard InChI is InChI=1S/C31H40FN3O7/c1-29(2,3)40-26(37)21-15-12-19(16-22(21)32)24-25(33-17-23(34-24)18-10-13-20(36)14-11-18)35(27(38)41-30(4,5)6)28(39)42-31(7,8)9/h12,15-18H,10-11,13-14H2,1-9H3. The molecule has 2 amide bonds. The first kappa shape index (κ1) is 32.6. The Labute approximate surface area is 245 Å². The molecule has 0 aliphatic heterocycles. The maximum Gasteiger partial charge on any atom is 0.425 e. The molecular formula is C31H40FN3O7. The largest absolute Gasteiger partial charge is 0.456 e. The second kappa shape index (κ2) is 12.1. The number of carbonyl (C=O) groups is 4. The fourth-order valence-corrected chi connectivity index (χ4v) is 4.21. The average Bonchev–Trinajstić information content (AvgIpc) is 2.81. The van der Waals surface area contributed by atoms with Crippen LogP contribution in [0.3, 0.4) is 0 Å². The van der Waals surface area contributed by atoms with Crippen LogP contribution < -0.4 is 4.90 Å². The molecule has 10 nitrogen and oxygen atoms in total. The number of benzene rings is 1. The summed E-state index contributed by atoms with van der Waals surface area (Å²) in [7, 11) is 0. The molecule has 1 aromatic heterocycles. The lowest BCUT2D eigenvalue weighted by Crippen LogP contribution is -2.44. The zero-order chi connectivity index (χ0) is 31.6. The molecule has 1 fully saturated rings. The average molecular weight is 586 g/mol. The molecule has 0 bridgehead atoms. The Morgan fingerprint density at radius 2 is 1.38 bits per heavy atom. The first-order chi connectivity index (χ1) is 19.2. The van der Waals surface area contributed by atoms with Gasteiger partial charge in [-0.05, 0) is 87.3 Å². The molecule has 228 valence electrons. The molecule has 1 saturated carbocycles. The highest BCUT2D eigenvalue weighted by molar-refractivity contribution is 6.10. The Hall–Kier alpha value is -3.89. The number of nitrogens with zero attached hydrogens (tertiary/aromatic N) is 3. The van der Waals surface area contributed by atoms with Gasteiger partial charge in [0.15, 0.2) is 5.82 Å². The minimum atomic E-state index is -1.06. The van der Waals surface area contributed by atoms with E-state index >= 15 is 4.39 Å². The Morgan fingerprint density at radius 3 is 1.86 bits per heavy atom. The molecule has 0 atom stereocenters. The number of imide groups is 1. The van der Waals surface area contributed by atoms with Gasteiger partial charge in [0.05, 0.1) is 17.5 Å². The summed E-state index contributed by atoms with van der Waals surface area (Å²) in [5, 5.41) is 0. The number of hydrogen-bond donors (Lipinski definition) is 0. The zero-order valence-electron chi connectivity index (χ0n) is 25.8. The van der Waals surface area contributed by atoms with E-state index in [0.29, 0.717) is 36.3 Å². The number of Topliss-reactive ketones (excluding diaryl/α,β-unsaturated/α-hetero) is 1. The third-order valence-corrected chi connectivity index (χ3v) is 5.96. The van der Waals surface area contributed by atoms with E-state index in [9.17, 15) is 19.2 Å². The number of halogens is 1. The van der Waals surface area contributed by atoms with Gasteiger partial charge in [-0.25, -0.2) is 28.7 Å². The second-order valence-electron chi connectivity index (χ2n) is 13.3. The Kier molecular flexibility index (Phi) is 9.44. The zero-order valence-corrected chi connectivity index (χ0v) is 25.8. The van der Waals surface area contributed by atoms with E-state index in [4.69, 9.17) is 19.2 Å². The molecule has 0 N–H and O–H groups in total. The summed E-state index contributed by atoms with van der Waals surface area (Å²) < 4.78 is 31.7. The topological polar surface area (TPSA) is 125 Å². The van der Waals surface area contributed by atoms with Crippen LogP contribution >= 0.6 is 0 Å². The predicted octanol–water partition coefficient (Wildman–Crippen LogP) is 7.14. The molecular weight excluding hydrogens is 545 g/mol. The van der Waals surface area contributed by atoms with Gasteiger partial charge in [0, 0.05) is 24.3 Å². The monoisotopic (exact) mass is 585 g/mol. The normalized spacial score (nSPS) is 14.8. The number of carbonyl (C=O) groups excluding carboxylic acids is 4. The van der Waals surface area contributed by atoms with Crippen molar-refractivity contribution in [3.8, 4) is 11.3 Å². The van der Waals surface area contributed by atoms with Crippen LogP contribution in [0.2, 0.25) is 0 Å². The van der Waals surface area contributed by atoms with E-state index in [2.05, 4.69) is 4.98 Å². The van der Waals surface area contributed by atoms with E-state index in [-0.39, 0.29) is 34.3 Å². The van der Waals surface area contributed by atoms with Gasteiger partial charge in [-0.15, -0.1) is 0 Å². The Morgan fingerprint density at radius 1 is 0.857 bits per heavy atom. The lowest BCUT2D eigenvalue weighted by atomic mass is 9.86. The van der Waals surface area contributed by atoms with Crippen LogP contribution in [0.5, 0.6) is 0 Å². The van der Waals surface area contributed by atoms with Gasteiger partial charge in [0.25, 0.3) is 0 Å². The Bertz CT molecular complexity index is 1330. The molecule has 1 heterocycles. The van der Waals surface area contributed by atoms with Crippen LogP contribution in [0, 0.1) is 5.82 Å². The van der Waals surface area contributed by atoms with Crippen molar-refractivity contribution in [3.63, 3.8) is 0 Å². The van der Waals surface area contributed by atoms with Gasteiger partial charge in [-0.3, -0.25) is 4.79 Å². The molecule has 1 aromatic carbocycles. The SMILES string of the molecule is CC(C)(C)OC(=O)c1ccc(-c2nc(C3CCC(=O)CC3)cnc2N(C(=O)OC(C)(C)C)C(=O)OC(C)(C)C)cc1F. The first-order valence-electron chi connectivity index (χ1n) is 13.9. The first-order valence-corrected chi connectivity index (χ1v) is 13.9. The number of esters is 1. The maximum atomic E-state index is 15.4. The molecule has 1 aliphatic rings. The van der Waals surface area contributed by atoms with Crippen LogP contribution in [0.4, 0.5) is 19.8 Å². The summed E-state index contributed by atoms with van der Waals surface area (Å²) in [6.45, 7) is 14.9. The summed E-state index contributed by atoms with van der Waals surface area (Å²) in [5.74, 6) is -1.91. The fourth-order valence-electron chi connectivity index (χ4n) is 4.21. The number of ketones is 1. The second-order valence-corrected chi connectivity index (χ2v) is 13.3. The molecule has 1 aliphatic carbocycles. The minimum Gasteiger partial charge on any atom is -0.456 e. The lowest BCUT2D eigenvalue weighted by Gasteiger charge is -2.29. The summed E-state index contributed by atoms with van der Waals surface area (Å²) >= 11 is 0. The third kappa shape index (κ3) is 8.80. The third-order valence-electron chi connectivity index (χ3n) is 5.96. The molecule has 0 unspecified atom stereocenters. The van der Waals surface area contributed by atoms with E-state index in [0.717, 1.165) is 6.07 Å². The predicted molar refractivity (Wildman–Crippen MR) is 154 cm³/mol. The fraction of sp³-hybridized carbons (Fsp3) is 0.548. The molecule has 0 saturated heterocycles. The number of aromatic nitrogens is 2. The van der Waals surface area contributed by atoms with Crippen molar-refractivity contribution in [2.45, 2.75) is 111 Å². The van der Waals surface area contributed by atoms with Crippen LogP contribution in [0.25, 0.3) is 11.3 Å². The quantitative estimate of drug-likeness (QED) is 0.272. The van der Waals surface area contributed by atoms with Crippen molar-refractivity contribution in [3.05, 3.63) is 41.5 Å². The highest BCUT2D eigenvalue weighted by atomic mass is 19.1. The lowest BCUT2D eigenvalue weighted by molar-refractivity contribution is -0.120. The van der Waals surface area contributed by atoms with E-state index in [1.807, 2.05) is 0 Å². The molecule has 0 spiro atoms. The maximum absolute atomic E-state index is 15.4. The minimum absolute atomic E-state index is 0.00393. The highest BCUT2D eigenvalue weighted by Gasteiger charge is 2.37.